The fourth-order valence-corrected chi connectivity index (χ4v) is 2.55. The van der Waals surface area contributed by atoms with Gasteiger partial charge < -0.3 is 14.2 Å². The Kier molecular flexibility index (Phi) is 5.34. The summed E-state index contributed by atoms with van der Waals surface area (Å²) >= 11 is 0. The molecule has 2 unspecified atom stereocenters. The quantitative estimate of drug-likeness (QED) is 0.725. The SMILES string of the molecule is CN=P(C)(OC(C)C)OC(C)C(=O)O. The van der Waals surface area contributed by atoms with E-state index in [0.29, 0.717) is 0 Å². The van der Waals surface area contributed by atoms with Crippen LogP contribution in [0.5, 0.6) is 0 Å². The molecule has 0 aliphatic rings. The Labute approximate surface area is 84.6 Å². The van der Waals surface area contributed by atoms with E-state index in [2.05, 4.69) is 4.74 Å². The monoisotopic (exact) mass is 223 g/mol. The van der Waals surface area contributed by atoms with Gasteiger partial charge in [0.25, 0.3) is 0 Å². The first-order chi connectivity index (χ1) is 6.30. The van der Waals surface area contributed by atoms with E-state index in [0.717, 1.165) is 0 Å². The zero-order valence-corrected chi connectivity index (χ0v) is 10.1. The van der Waals surface area contributed by atoms with Crippen molar-refractivity contribution in [1.82, 2.24) is 0 Å². The highest BCUT2D eigenvalue weighted by Crippen LogP contribution is 2.49. The first-order valence-electron chi connectivity index (χ1n) is 4.38. The van der Waals surface area contributed by atoms with Crippen LogP contribution in [0, 0.1) is 0 Å². The Balaban J connectivity index is 4.49. The average Bonchev–Trinajstić information content (AvgIpc) is 2.02. The molecule has 0 aliphatic carbocycles. The van der Waals surface area contributed by atoms with Crippen molar-refractivity contribution in [3.05, 3.63) is 0 Å². The number of hydrogen-bond donors (Lipinski definition) is 1. The van der Waals surface area contributed by atoms with Gasteiger partial charge in [0.15, 0.2) is 6.10 Å². The molecule has 0 fully saturated rings. The van der Waals surface area contributed by atoms with Gasteiger partial charge in [-0.3, -0.25) is 4.74 Å². The number of aliphatic carboxylic acids is 1. The molecule has 0 bridgehead atoms. The van der Waals surface area contributed by atoms with Crippen LogP contribution in [0.3, 0.4) is 0 Å². The summed E-state index contributed by atoms with van der Waals surface area (Å²) in [6, 6.07) is 0. The minimum atomic E-state index is -2.37. The van der Waals surface area contributed by atoms with Crippen LogP contribution in [0.4, 0.5) is 0 Å². The number of carboxylic acid groups (broad SMARTS) is 1. The molecule has 5 nitrogen and oxygen atoms in total. The van der Waals surface area contributed by atoms with Gasteiger partial charge in [0, 0.05) is 13.7 Å². The van der Waals surface area contributed by atoms with E-state index in [-0.39, 0.29) is 6.10 Å². The Morgan fingerprint density at radius 3 is 2.14 bits per heavy atom. The number of hydrogen-bond acceptors (Lipinski definition) is 4. The van der Waals surface area contributed by atoms with Gasteiger partial charge >= 0.3 is 5.97 Å². The summed E-state index contributed by atoms with van der Waals surface area (Å²) in [6.07, 6.45) is -0.922. The molecule has 0 aromatic heterocycles. The van der Waals surface area contributed by atoms with E-state index in [1.54, 1.807) is 13.7 Å². The van der Waals surface area contributed by atoms with Crippen LogP contribution in [0.15, 0.2) is 4.74 Å². The maximum absolute atomic E-state index is 10.6. The summed E-state index contributed by atoms with van der Waals surface area (Å²) in [5, 5.41) is 8.67. The zero-order valence-electron chi connectivity index (χ0n) is 9.22. The first kappa shape index (κ1) is 13.6. The minimum absolute atomic E-state index is 0.0296. The lowest BCUT2D eigenvalue weighted by Gasteiger charge is -2.23. The largest absolute Gasteiger partial charge is 0.479 e. The topological polar surface area (TPSA) is 68.1 Å². The minimum Gasteiger partial charge on any atom is -0.479 e. The lowest BCUT2D eigenvalue weighted by Crippen LogP contribution is -2.19. The molecule has 1 N–H and O–H groups in total. The van der Waals surface area contributed by atoms with Crippen molar-refractivity contribution in [2.24, 2.45) is 4.74 Å². The molecule has 0 spiro atoms. The lowest BCUT2D eigenvalue weighted by molar-refractivity contribution is -0.144. The highest BCUT2D eigenvalue weighted by molar-refractivity contribution is 7.55. The predicted octanol–water partition coefficient (Wildman–Crippen LogP) is 2.19. The molecule has 0 aromatic rings. The third kappa shape index (κ3) is 4.74. The van der Waals surface area contributed by atoms with Crippen LogP contribution < -0.4 is 0 Å². The van der Waals surface area contributed by atoms with Crippen LogP contribution in [0.25, 0.3) is 0 Å². The smallest absolute Gasteiger partial charge is 0.333 e. The van der Waals surface area contributed by atoms with E-state index in [9.17, 15) is 4.79 Å². The van der Waals surface area contributed by atoms with E-state index in [1.807, 2.05) is 13.8 Å². The van der Waals surface area contributed by atoms with Gasteiger partial charge in [-0.1, -0.05) is 0 Å². The summed E-state index contributed by atoms with van der Waals surface area (Å²) in [5.41, 5.74) is 0. The van der Waals surface area contributed by atoms with Crippen molar-refractivity contribution >= 4 is 13.5 Å². The van der Waals surface area contributed by atoms with E-state index in [4.69, 9.17) is 14.2 Å². The predicted molar refractivity (Wildman–Crippen MR) is 55.6 cm³/mol. The highest BCUT2D eigenvalue weighted by atomic mass is 31.2. The molecule has 0 aliphatic heterocycles. The molecule has 0 aromatic carbocycles. The van der Waals surface area contributed by atoms with Gasteiger partial charge in [0.05, 0.1) is 6.10 Å². The fourth-order valence-electron chi connectivity index (χ4n) is 0.849. The van der Waals surface area contributed by atoms with Gasteiger partial charge in [0.1, 0.15) is 0 Å². The standard InChI is InChI=1S/C8H18NO4P/c1-6(2)12-14(5,9-4)13-7(3)8(10)11/h6-7H,1-5H3,(H,10,11). The molecule has 0 heterocycles. The van der Waals surface area contributed by atoms with Crippen molar-refractivity contribution in [2.45, 2.75) is 33.0 Å². The molecular weight excluding hydrogens is 205 g/mol. The second-order valence-corrected chi connectivity index (χ2v) is 5.67. The van der Waals surface area contributed by atoms with E-state index < -0.39 is 19.6 Å². The molecule has 14 heavy (non-hydrogen) atoms. The molecule has 84 valence electrons. The van der Waals surface area contributed by atoms with Crippen molar-refractivity contribution in [3.63, 3.8) is 0 Å². The van der Waals surface area contributed by atoms with Gasteiger partial charge in [-0.25, -0.2) is 4.79 Å². The second kappa shape index (κ2) is 5.49. The summed E-state index contributed by atoms with van der Waals surface area (Å²) in [4.78, 5) is 10.6. The summed E-state index contributed by atoms with van der Waals surface area (Å²) in [6.45, 7) is 6.89. The summed E-state index contributed by atoms with van der Waals surface area (Å²) in [5.74, 6) is -1.01. The van der Waals surface area contributed by atoms with Crippen molar-refractivity contribution in [1.29, 1.82) is 0 Å². The third-order valence-electron chi connectivity index (χ3n) is 1.47. The van der Waals surface area contributed by atoms with Crippen molar-refractivity contribution in [3.8, 4) is 0 Å². The maximum atomic E-state index is 10.6. The van der Waals surface area contributed by atoms with Gasteiger partial charge in [0.2, 0.25) is 7.51 Å². The molecule has 0 radical (unpaired) electrons. The maximum Gasteiger partial charge on any atom is 0.333 e. The van der Waals surface area contributed by atoms with E-state index >= 15 is 0 Å². The van der Waals surface area contributed by atoms with Crippen LogP contribution in [0.2, 0.25) is 0 Å². The Bertz CT molecular complexity index is 252. The summed E-state index contributed by atoms with van der Waals surface area (Å²) in [7, 11) is -0.798. The van der Waals surface area contributed by atoms with Crippen LogP contribution in [-0.4, -0.2) is 37.0 Å². The Morgan fingerprint density at radius 1 is 1.36 bits per heavy atom. The molecular formula is C8H18NO4P. The van der Waals surface area contributed by atoms with Crippen LogP contribution in [0.1, 0.15) is 20.8 Å². The lowest BCUT2D eigenvalue weighted by atomic mass is 10.4. The first-order valence-corrected chi connectivity index (χ1v) is 6.40. The van der Waals surface area contributed by atoms with Crippen molar-refractivity contribution in [2.75, 3.05) is 13.7 Å². The Morgan fingerprint density at radius 2 is 1.86 bits per heavy atom. The fraction of sp³-hybridized carbons (Fsp3) is 0.875. The molecule has 0 rings (SSSR count). The Hall–Kier alpha value is -0.380. The molecule has 0 amide bonds. The number of carboxylic acids is 1. The van der Waals surface area contributed by atoms with Crippen LogP contribution in [-0.2, 0) is 13.8 Å². The van der Waals surface area contributed by atoms with Crippen molar-refractivity contribution < 1.29 is 18.9 Å². The zero-order chi connectivity index (χ0) is 11.4. The summed E-state index contributed by atoms with van der Waals surface area (Å²) < 4.78 is 14.7. The normalized spacial score (nSPS) is 17.6. The molecule has 6 heteroatoms. The third-order valence-corrected chi connectivity index (χ3v) is 3.72. The van der Waals surface area contributed by atoms with Gasteiger partial charge in [-0.2, -0.15) is 0 Å². The molecule has 0 saturated carbocycles. The molecule has 0 saturated heterocycles. The van der Waals surface area contributed by atoms with Gasteiger partial charge in [-0.15, -0.1) is 0 Å². The second-order valence-electron chi connectivity index (χ2n) is 3.24. The number of rotatable bonds is 5. The van der Waals surface area contributed by atoms with Crippen LogP contribution >= 0.6 is 7.51 Å². The number of nitrogens with zero attached hydrogens (tertiary/aromatic N) is 1. The van der Waals surface area contributed by atoms with Gasteiger partial charge in [-0.05, 0) is 20.8 Å². The average molecular weight is 223 g/mol. The highest BCUT2D eigenvalue weighted by Gasteiger charge is 2.23. The van der Waals surface area contributed by atoms with E-state index in [1.165, 1.54) is 6.92 Å². The molecule has 2 atom stereocenters. The number of carbonyl (C=O) groups is 1.